The van der Waals surface area contributed by atoms with Crippen LogP contribution in [0.4, 0.5) is 0 Å². The highest BCUT2D eigenvalue weighted by Gasteiger charge is 2.04. The standard InChI is InChI=1S/C13H19BrN2O/c1-2-3-4-5-8-17-10-6-7-11(13(15)16)12(14)9-10/h6-7,9H,2-5,8H2,1H3,(H3,15,16). The maximum Gasteiger partial charge on any atom is 0.123 e. The van der Waals surface area contributed by atoms with Crippen molar-refractivity contribution in [3.8, 4) is 5.75 Å². The molecule has 0 radical (unpaired) electrons. The van der Waals surface area contributed by atoms with E-state index < -0.39 is 0 Å². The topological polar surface area (TPSA) is 59.1 Å². The van der Waals surface area contributed by atoms with Crippen LogP contribution in [0.15, 0.2) is 22.7 Å². The van der Waals surface area contributed by atoms with Crippen LogP contribution in [-0.4, -0.2) is 12.4 Å². The second-order valence-electron chi connectivity index (χ2n) is 3.96. The molecule has 0 aliphatic carbocycles. The lowest BCUT2D eigenvalue weighted by Gasteiger charge is -2.08. The number of nitrogens with one attached hydrogen (secondary N) is 1. The number of ether oxygens (including phenoxy) is 1. The fraction of sp³-hybridized carbons (Fsp3) is 0.462. The molecule has 0 aliphatic rings. The van der Waals surface area contributed by atoms with Gasteiger partial charge in [-0.3, -0.25) is 5.41 Å². The number of halogens is 1. The summed E-state index contributed by atoms with van der Waals surface area (Å²) in [5, 5.41) is 7.37. The maximum absolute atomic E-state index is 7.37. The number of benzene rings is 1. The Morgan fingerprint density at radius 2 is 2.12 bits per heavy atom. The summed E-state index contributed by atoms with van der Waals surface area (Å²) >= 11 is 3.38. The van der Waals surface area contributed by atoms with E-state index >= 15 is 0 Å². The summed E-state index contributed by atoms with van der Waals surface area (Å²) in [5.74, 6) is 0.879. The average Bonchev–Trinajstić information content (AvgIpc) is 2.28. The van der Waals surface area contributed by atoms with Gasteiger partial charge in [-0.1, -0.05) is 26.2 Å². The minimum atomic E-state index is 0.0615. The van der Waals surface area contributed by atoms with Gasteiger partial charge in [-0.15, -0.1) is 0 Å². The third kappa shape index (κ3) is 4.77. The van der Waals surface area contributed by atoms with Crippen molar-refractivity contribution in [2.45, 2.75) is 32.6 Å². The van der Waals surface area contributed by atoms with Gasteiger partial charge >= 0.3 is 0 Å². The predicted molar refractivity (Wildman–Crippen MR) is 74.8 cm³/mol. The molecule has 94 valence electrons. The molecule has 0 spiro atoms. The van der Waals surface area contributed by atoms with E-state index in [-0.39, 0.29) is 5.84 Å². The number of nitrogens with two attached hydrogens (primary N) is 1. The van der Waals surface area contributed by atoms with Gasteiger partial charge in [0.05, 0.1) is 6.61 Å². The van der Waals surface area contributed by atoms with Crippen molar-refractivity contribution in [1.82, 2.24) is 0 Å². The van der Waals surface area contributed by atoms with E-state index in [0.717, 1.165) is 23.2 Å². The lowest BCUT2D eigenvalue weighted by atomic mass is 10.2. The number of rotatable bonds is 7. The normalized spacial score (nSPS) is 10.2. The summed E-state index contributed by atoms with van der Waals surface area (Å²) in [6, 6.07) is 5.51. The van der Waals surface area contributed by atoms with Gasteiger partial charge in [0.15, 0.2) is 0 Å². The first-order valence-electron chi connectivity index (χ1n) is 5.92. The quantitative estimate of drug-likeness (QED) is 0.458. The van der Waals surface area contributed by atoms with E-state index in [0.29, 0.717) is 5.56 Å². The number of nitrogen functional groups attached to an aromatic ring is 1. The Morgan fingerprint density at radius 3 is 2.71 bits per heavy atom. The maximum atomic E-state index is 7.37. The summed E-state index contributed by atoms with van der Waals surface area (Å²) < 4.78 is 6.43. The molecule has 3 N–H and O–H groups in total. The monoisotopic (exact) mass is 298 g/mol. The van der Waals surface area contributed by atoms with Crippen LogP contribution >= 0.6 is 15.9 Å². The summed E-state index contributed by atoms with van der Waals surface area (Å²) in [6.07, 6.45) is 4.79. The fourth-order valence-electron chi connectivity index (χ4n) is 1.52. The van der Waals surface area contributed by atoms with Crippen molar-refractivity contribution in [3.05, 3.63) is 28.2 Å². The Balaban J connectivity index is 2.45. The van der Waals surface area contributed by atoms with Crippen LogP contribution in [0.5, 0.6) is 5.75 Å². The van der Waals surface area contributed by atoms with E-state index in [1.807, 2.05) is 12.1 Å². The molecule has 1 rings (SSSR count). The summed E-state index contributed by atoms with van der Waals surface area (Å²) in [6.45, 7) is 2.93. The van der Waals surface area contributed by atoms with Gasteiger partial charge in [0.2, 0.25) is 0 Å². The lowest BCUT2D eigenvalue weighted by molar-refractivity contribution is 0.305. The highest BCUT2D eigenvalue weighted by molar-refractivity contribution is 9.10. The Hall–Kier alpha value is -1.03. The van der Waals surface area contributed by atoms with Gasteiger partial charge in [-0.05, 0) is 40.5 Å². The van der Waals surface area contributed by atoms with Gasteiger partial charge in [0.1, 0.15) is 11.6 Å². The molecule has 0 bridgehead atoms. The Labute approximate surface area is 111 Å². The molecular weight excluding hydrogens is 280 g/mol. The molecular formula is C13H19BrN2O. The molecule has 17 heavy (non-hydrogen) atoms. The van der Waals surface area contributed by atoms with E-state index in [4.69, 9.17) is 15.9 Å². The van der Waals surface area contributed by atoms with Crippen molar-refractivity contribution >= 4 is 21.8 Å². The number of amidine groups is 1. The lowest BCUT2D eigenvalue weighted by Crippen LogP contribution is -2.11. The SMILES string of the molecule is CCCCCCOc1ccc(C(=N)N)c(Br)c1. The summed E-state index contributed by atoms with van der Waals surface area (Å²) in [5.41, 5.74) is 6.13. The summed E-state index contributed by atoms with van der Waals surface area (Å²) in [4.78, 5) is 0. The van der Waals surface area contributed by atoms with Gasteiger partial charge in [0, 0.05) is 10.0 Å². The van der Waals surface area contributed by atoms with Crippen molar-refractivity contribution < 1.29 is 4.74 Å². The highest BCUT2D eigenvalue weighted by atomic mass is 79.9. The Morgan fingerprint density at radius 1 is 1.35 bits per heavy atom. The van der Waals surface area contributed by atoms with E-state index in [9.17, 15) is 0 Å². The first kappa shape index (κ1) is 14.0. The van der Waals surface area contributed by atoms with Crippen LogP contribution < -0.4 is 10.5 Å². The molecule has 0 atom stereocenters. The van der Waals surface area contributed by atoms with Crippen molar-refractivity contribution in [2.24, 2.45) is 5.73 Å². The average molecular weight is 299 g/mol. The molecule has 0 unspecified atom stereocenters. The number of hydrogen-bond acceptors (Lipinski definition) is 2. The molecule has 3 nitrogen and oxygen atoms in total. The van der Waals surface area contributed by atoms with Crippen LogP contribution in [0.2, 0.25) is 0 Å². The van der Waals surface area contributed by atoms with E-state index in [2.05, 4.69) is 22.9 Å². The van der Waals surface area contributed by atoms with Crippen molar-refractivity contribution in [2.75, 3.05) is 6.61 Å². The van der Waals surface area contributed by atoms with Gasteiger partial charge in [-0.2, -0.15) is 0 Å². The highest BCUT2D eigenvalue weighted by Crippen LogP contribution is 2.23. The smallest absolute Gasteiger partial charge is 0.123 e. The second kappa shape index (κ2) is 7.33. The minimum Gasteiger partial charge on any atom is -0.494 e. The van der Waals surface area contributed by atoms with Gasteiger partial charge in [0.25, 0.3) is 0 Å². The zero-order valence-corrected chi connectivity index (χ0v) is 11.7. The zero-order chi connectivity index (χ0) is 12.7. The van der Waals surface area contributed by atoms with Crippen LogP contribution in [0.3, 0.4) is 0 Å². The zero-order valence-electron chi connectivity index (χ0n) is 10.1. The number of unbranched alkanes of at least 4 members (excludes halogenated alkanes) is 3. The first-order chi connectivity index (χ1) is 8.15. The minimum absolute atomic E-state index is 0.0615. The predicted octanol–water partition coefficient (Wildman–Crippen LogP) is 3.69. The van der Waals surface area contributed by atoms with E-state index in [1.54, 1.807) is 6.07 Å². The van der Waals surface area contributed by atoms with E-state index in [1.165, 1.54) is 19.3 Å². The van der Waals surface area contributed by atoms with Crippen LogP contribution in [0, 0.1) is 5.41 Å². The molecule has 1 aromatic carbocycles. The largest absolute Gasteiger partial charge is 0.494 e. The van der Waals surface area contributed by atoms with Gasteiger partial charge < -0.3 is 10.5 Å². The molecule has 0 amide bonds. The molecule has 4 heteroatoms. The van der Waals surface area contributed by atoms with Crippen LogP contribution in [0.25, 0.3) is 0 Å². The van der Waals surface area contributed by atoms with Crippen LogP contribution in [-0.2, 0) is 0 Å². The molecule has 0 aromatic heterocycles. The molecule has 0 heterocycles. The third-order valence-corrected chi connectivity index (χ3v) is 3.15. The Bertz CT molecular complexity index is 380. The third-order valence-electron chi connectivity index (χ3n) is 2.50. The van der Waals surface area contributed by atoms with Crippen molar-refractivity contribution in [3.63, 3.8) is 0 Å². The van der Waals surface area contributed by atoms with Gasteiger partial charge in [-0.25, -0.2) is 0 Å². The second-order valence-corrected chi connectivity index (χ2v) is 4.82. The molecule has 0 saturated heterocycles. The molecule has 0 fully saturated rings. The van der Waals surface area contributed by atoms with Crippen molar-refractivity contribution in [1.29, 1.82) is 5.41 Å². The molecule has 0 saturated carbocycles. The summed E-state index contributed by atoms with van der Waals surface area (Å²) in [7, 11) is 0. The Kier molecular flexibility index (Phi) is 6.05. The first-order valence-corrected chi connectivity index (χ1v) is 6.71. The number of hydrogen-bond donors (Lipinski definition) is 2. The molecule has 1 aromatic rings. The fourth-order valence-corrected chi connectivity index (χ4v) is 2.09. The van der Waals surface area contributed by atoms with Crippen LogP contribution in [0.1, 0.15) is 38.2 Å². The molecule has 0 aliphatic heterocycles.